The molecule has 3 nitrogen and oxygen atoms in total. The van der Waals surface area contributed by atoms with Crippen molar-refractivity contribution in [3.05, 3.63) is 0 Å². The second kappa shape index (κ2) is 7.53. The van der Waals surface area contributed by atoms with Gasteiger partial charge in [0.05, 0.1) is 18.7 Å². The third kappa shape index (κ3) is 4.38. The number of ether oxygens (including phenoxy) is 1. The first kappa shape index (κ1) is 15.2. The molecule has 0 amide bonds. The highest BCUT2D eigenvalue weighted by molar-refractivity contribution is 8.13. The Hall–Kier alpha value is -0.220. The summed E-state index contributed by atoms with van der Waals surface area (Å²) in [5.74, 6) is 2.64. The van der Waals surface area contributed by atoms with Crippen LogP contribution in [0.4, 0.5) is 0 Å². The fourth-order valence-corrected chi connectivity index (χ4v) is 4.01. The average molecular weight is 284 g/mol. The van der Waals surface area contributed by atoms with Gasteiger partial charge >= 0.3 is 0 Å². The number of hydrogen-bond donors (Lipinski definition) is 1. The molecule has 0 aromatic rings. The van der Waals surface area contributed by atoms with Crippen molar-refractivity contribution < 1.29 is 4.74 Å². The van der Waals surface area contributed by atoms with Gasteiger partial charge in [0, 0.05) is 12.4 Å². The van der Waals surface area contributed by atoms with Crippen molar-refractivity contribution in [1.29, 1.82) is 0 Å². The van der Waals surface area contributed by atoms with Crippen molar-refractivity contribution in [3.63, 3.8) is 0 Å². The van der Waals surface area contributed by atoms with Gasteiger partial charge in [-0.05, 0) is 31.6 Å². The zero-order valence-electron chi connectivity index (χ0n) is 12.5. The number of fused-ring (bicyclic) bond motifs is 1. The summed E-state index contributed by atoms with van der Waals surface area (Å²) in [6.07, 6.45) is 5.42. The maximum atomic E-state index is 5.58. The number of nitrogens with zero attached hydrogens (tertiary/aromatic N) is 1. The van der Waals surface area contributed by atoms with Crippen molar-refractivity contribution >= 4 is 16.9 Å². The lowest BCUT2D eigenvalue weighted by Gasteiger charge is -2.34. The summed E-state index contributed by atoms with van der Waals surface area (Å²) in [6, 6.07) is 0.962. The van der Waals surface area contributed by atoms with E-state index in [1.54, 1.807) is 0 Å². The third-order valence-electron chi connectivity index (χ3n) is 4.20. The van der Waals surface area contributed by atoms with Crippen LogP contribution in [-0.4, -0.2) is 36.2 Å². The second-order valence-corrected chi connectivity index (χ2v) is 7.02. The summed E-state index contributed by atoms with van der Waals surface area (Å²) < 4.78 is 5.58. The third-order valence-corrected chi connectivity index (χ3v) is 5.29. The highest BCUT2D eigenvalue weighted by Gasteiger charge is 2.29. The molecule has 1 aliphatic heterocycles. The van der Waals surface area contributed by atoms with E-state index in [2.05, 4.69) is 26.1 Å². The Bertz CT molecular complexity index is 307. The van der Waals surface area contributed by atoms with Crippen LogP contribution in [-0.2, 0) is 4.74 Å². The summed E-state index contributed by atoms with van der Waals surface area (Å²) in [6.45, 7) is 8.11. The van der Waals surface area contributed by atoms with Gasteiger partial charge in [0.1, 0.15) is 0 Å². The number of thioether (sulfide) groups is 1. The minimum atomic E-state index is 0.381. The van der Waals surface area contributed by atoms with E-state index in [0.29, 0.717) is 18.0 Å². The van der Waals surface area contributed by atoms with Crippen LogP contribution >= 0.6 is 11.8 Å². The van der Waals surface area contributed by atoms with Crippen LogP contribution in [0.1, 0.15) is 46.5 Å². The van der Waals surface area contributed by atoms with E-state index in [9.17, 15) is 0 Å². The molecule has 3 atom stereocenters. The Morgan fingerprint density at radius 3 is 2.89 bits per heavy atom. The number of nitrogens with one attached hydrogen (secondary N) is 1. The summed E-state index contributed by atoms with van der Waals surface area (Å²) in [5, 5.41) is 4.77. The molecule has 2 aliphatic rings. The van der Waals surface area contributed by atoms with Gasteiger partial charge in [-0.1, -0.05) is 38.5 Å². The summed E-state index contributed by atoms with van der Waals surface area (Å²) >= 11 is 1.91. The Labute approximate surface area is 122 Å². The Balaban J connectivity index is 1.91. The molecule has 2 rings (SSSR count). The fraction of sp³-hybridized carbons (Fsp3) is 0.933. The number of rotatable bonds is 5. The zero-order valence-corrected chi connectivity index (χ0v) is 13.3. The van der Waals surface area contributed by atoms with Crippen LogP contribution < -0.4 is 5.32 Å². The predicted molar refractivity (Wildman–Crippen MR) is 83.9 cm³/mol. The molecule has 0 saturated heterocycles. The number of hydrogen-bond acceptors (Lipinski definition) is 4. The zero-order chi connectivity index (χ0) is 13.7. The Kier molecular flexibility index (Phi) is 6.02. The molecule has 0 aromatic heterocycles. The molecule has 19 heavy (non-hydrogen) atoms. The fourth-order valence-electron chi connectivity index (χ4n) is 2.81. The minimum absolute atomic E-state index is 0.381. The molecular weight excluding hydrogens is 256 g/mol. The van der Waals surface area contributed by atoms with Gasteiger partial charge in [0.25, 0.3) is 0 Å². The van der Waals surface area contributed by atoms with Gasteiger partial charge in [-0.2, -0.15) is 0 Å². The number of aliphatic imine (C=N–C) groups is 1. The normalized spacial score (nSPS) is 28.7. The van der Waals surface area contributed by atoms with Crippen LogP contribution in [0.5, 0.6) is 0 Å². The van der Waals surface area contributed by atoms with Crippen LogP contribution in [0, 0.1) is 11.8 Å². The van der Waals surface area contributed by atoms with Crippen molar-refractivity contribution in [3.8, 4) is 0 Å². The molecular formula is C15H28N2OS. The Morgan fingerprint density at radius 1 is 1.37 bits per heavy atom. The van der Waals surface area contributed by atoms with Crippen molar-refractivity contribution in [2.45, 2.75) is 58.5 Å². The molecule has 4 heteroatoms. The topological polar surface area (TPSA) is 33.6 Å². The molecule has 110 valence electrons. The predicted octanol–water partition coefficient (Wildman–Crippen LogP) is 3.30. The van der Waals surface area contributed by atoms with Crippen LogP contribution in [0.3, 0.4) is 0 Å². The number of amidine groups is 1. The molecule has 0 aromatic carbocycles. The van der Waals surface area contributed by atoms with E-state index in [1.165, 1.54) is 31.4 Å². The van der Waals surface area contributed by atoms with Gasteiger partial charge in [0.15, 0.2) is 5.17 Å². The first-order valence-electron chi connectivity index (χ1n) is 7.75. The summed E-state index contributed by atoms with van der Waals surface area (Å²) in [7, 11) is 0. The molecule has 1 heterocycles. The minimum Gasteiger partial charge on any atom is -0.380 e. The summed E-state index contributed by atoms with van der Waals surface area (Å²) in [5.41, 5.74) is 0. The van der Waals surface area contributed by atoms with Crippen molar-refractivity contribution in [2.75, 3.05) is 19.0 Å². The maximum absolute atomic E-state index is 5.58. The molecule has 1 saturated carbocycles. The largest absolute Gasteiger partial charge is 0.380 e. The highest BCUT2D eigenvalue weighted by atomic mass is 32.2. The quantitative estimate of drug-likeness (QED) is 0.841. The maximum Gasteiger partial charge on any atom is 0.157 e. The average Bonchev–Trinajstić information content (AvgIpc) is 2.43. The van der Waals surface area contributed by atoms with Crippen LogP contribution in [0.15, 0.2) is 4.99 Å². The lowest BCUT2D eigenvalue weighted by atomic mass is 9.86. The SMILES string of the molecule is CCOCC(NC1=NC2CCCCC2CS1)C(C)C. The van der Waals surface area contributed by atoms with E-state index in [0.717, 1.165) is 24.3 Å². The smallest absolute Gasteiger partial charge is 0.157 e. The molecule has 0 spiro atoms. The molecule has 1 N–H and O–H groups in total. The van der Waals surface area contributed by atoms with Crippen molar-refractivity contribution in [1.82, 2.24) is 5.32 Å². The van der Waals surface area contributed by atoms with E-state index in [4.69, 9.17) is 9.73 Å². The van der Waals surface area contributed by atoms with Gasteiger partial charge < -0.3 is 10.1 Å². The standard InChI is InChI=1S/C15H28N2OS/c1-4-18-9-14(11(2)3)17-15-16-13-8-6-5-7-12(13)10-19-15/h11-14H,4-10H2,1-3H3,(H,16,17). The van der Waals surface area contributed by atoms with Gasteiger partial charge in [-0.3, -0.25) is 4.99 Å². The molecule has 1 aliphatic carbocycles. The van der Waals surface area contributed by atoms with Gasteiger partial charge in [0.2, 0.25) is 0 Å². The molecule has 0 radical (unpaired) electrons. The van der Waals surface area contributed by atoms with Gasteiger partial charge in [-0.25, -0.2) is 0 Å². The monoisotopic (exact) mass is 284 g/mol. The lowest BCUT2D eigenvalue weighted by molar-refractivity contribution is 0.115. The van der Waals surface area contributed by atoms with E-state index >= 15 is 0 Å². The highest BCUT2D eigenvalue weighted by Crippen LogP contribution is 2.33. The van der Waals surface area contributed by atoms with Crippen molar-refractivity contribution in [2.24, 2.45) is 16.8 Å². The molecule has 1 fully saturated rings. The molecule has 0 bridgehead atoms. The van der Waals surface area contributed by atoms with Crippen LogP contribution in [0.25, 0.3) is 0 Å². The van der Waals surface area contributed by atoms with Gasteiger partial charge in [-0.15, -0.1) is 0 Å². The summed E-state index contributed by atoms with van der Waals surface area (Å²) in [4.78, 5) is 4.95. The van der Waals surface area contributed by atoms with E-state index in [1.807, 2.05) is 11.8 Å². The van der Waals surface area contributed by atoms with E-state index in [-0.39, 0.29) is 0 Å². The first-order chi connectivity index (χ1) is 9.20. The second-order valence-electron chi connectivity index (χ2n) is 6.01. The first-order valence-corrected chi connectivity index (χ1v) is 8.74. The van der Waals surface area contributed by atoms with Crippen LogP contribution in [0.2, 0.25) is 0 Å². The lowest BCUT2D eigenvalue weighted by Crippen LogP contribution is -2.43. The molecule has 3 unspecified atom stereocenters. The van der Waals surface area contributed by atoms with E-state index < -0.39 is 0 Å². The Morgan fingerprint density at radius 2 is 2.16 bits per heavy atom.